The molecule has 7 heteroatoms. The first kappa shape index (κ1) is 15.8. The van der Waals surface area contributed by atoms with E-state index >= 15 is 0 Å². The van der Waals surface area contributed by atoms with E-state index in [0.29, 0.717) is 12.2 Å². The van der Waals surface area contributed by atoms with E-state index in [1.165, 1.54) is 25.1 Å². The molecule has 0 aromatic heterocycles. The van der Waals surface area contributed by atoms with Crippen LogP contribution in [0.3, 0.4) is 0 Å². The molecule has 22 heavy (non-hydrogen) atoms. The number of nitrogens with zero attached hydrogens (tertiary/aromatic N) is 1. The maximum atomic E-state index is 11.9. The molecule has 3 N–H and O–H groups in total. The second-order valence-corrected chi connectivity index (χ2v) is 4.80. The summed E-state index contributed by atoms with van der Waals surface area (Å²) >= 11 is 0. The first-order valence-electron chi connectivity index (χ1n) is 6.74. The monoisotopic (exact) mass is 307 g/mol. The molecule has 1 atom stereocenters. The van der Waals surface area contributed by atoms with Gasteiger partial charge in [-0.3, -0.25) is 9.59 Å². The Morgan fingerprint density at radius 1 is 1.36 bits per heavy atom. The van der Waals surface area contributed by atoms with Crippen molar-refractivity contribution in [2.75, 3.05) is 13.3 Å². The van der Waals surface area contributed by atoms with Crippen LogP contribution in [-0.2, 0) is 9.59 Å². The second kappa shape index (κ2) is 6.07. The van der Waals surface area contributed by atoms with Crippen LogP contribution >= 0.6 is 0 Å². The molecule has 0 saturated carbocycles. The number of carbonyl (C=O) groups excluding carboxylic acids is 2. The third kappa shape index (κ3) is 2.50. The Morgan fingerprint density at radius 2 is 2.05 bits per heavy atom. The second-order valence-electron chi connectivity index (χ2n) is 4.80. The highest BCUT2D eigenvalue weighted by Gasteiger charge is 2.42. The van der Waals surface area contributed by atoms with Crippen molar-refractivity contribution in [1.29, 1.82) is 0 Å². The molecule has 1 amide bonds. The van der Waals surface area contributed by atoms with Gasteiger partial charge in [-0.2, -0.15) is 0 Å². The fraction of sp³-hybridized carbons (Fsp3) is 0.333. The van der Waals surface area contributed by atoms with Crippen LogP contribution in [0.15, 0.2) is 29.5 Å². The number of amides is 1. The fourth-order valence-corrected chi connectivity index (χ4v) is 2.48. The number of hydrogen-bond donors (Lipinski definition) is 3. The molecule has 1 heterocycles. The van der Waals surface area contributed by atoms with Crippen LogP contribution in [0.1, 0.15) is 25.5 Å². The van der Waals surface area contributed by atoms with Crippen molar-refractivity contribution in [2.24, 2.45) is 0 Å². The van der Waals surface area contributed by atoms with Gasteiger partial charge < -0.3 is 25.0 Å². The minimum absolute atomic E-state index is 0.0805. The van der Waals surface area contributed by atoms with Gasteiger partial charge in [0.15, 0.2) is 23.0 Å². The molecule has 1 aliphatic heterocycles. The van der Waals surface area contributed by atoms with Crippen molar-refractivity contribution in [3.05, 3.63) is 35.1 Å². The van der Waals surface area contributed by atoms with E-state index in [9.17, 15) is 24.9 Å². The van der Waals surface area contributed by atoms with E-state index in [0.717, 1.165) is 4.90 Å². The highest BCUT2D eigenvalue weighted by molar-refractivity contribution is 6.08. The smallest absolute Gasteiger partial charge is 0.291 e. The third-order valence-electron chi connectivity index (χ3n) is 3.43. The zero-order valence-corrected chi connectivity index (χ0v) is 12.2. The number of aliphatic hydroxyl groups excluding tert-OH is 2. The molecule has 0 aliphatic carbocycles. The average molecular weight is 307 g/mol. The predicted octanol–water partition coefficient (Wildman–Crippen LogP) is 1.03. The number of benzene rings is 1. The molecule has 1 aromatic rings. The van der Waals surface area contributed by atoms with Crippen LogP contribution in [-0.4, -0.2) is 45.2 Å². The first-order chi connectivity index (χ1) is 10.4. The lowest BCUT2D eigenvalue weighted by atomic mass is 9.96. The summed E-state index contributed by atoms with van der Waals surface area (Å²) in [4.78, 5) is 24.7. The van der Waals surface area contributed by atoms with E-state index in [1.807, 2.05) is 0 Å². The Balaban J connectivity index is 2.55. The lowest BCUT2D eigenvalue weighted by Crippen LogP contribution is -2.31. The van der Waals surface area contributed by atoms with Crippen molar-refractivity contribution < 1.29 is 29.6 Å². The minimum atomic E-state index is -0.921. The Bertz CT molecular complexity index is 651. The molecule has 0 bridgehead atoms. The molecule has 2 rings (SSSR count). The van der Waals surface area contributed by atoms with E-state index in [-0.39, 0.29) is 17.1 Å². The highest BCUT2D eigenvalue weighted by atomic mass is 16.5. The van der Waals surface area contributed by atoms with E-state index in [1.54, 1.807) is 6.92 Å². The largest absolute Gasteiger partial charge is 0.504 e. The number of Topliss-reactive ketones (excluding diaryl/α,β-unsaturated/α-hetero) is 1. The fourth-order valence-electron chi connectivity index (χ4n) is 2.48. The number of ether oxygens (including phenoxy) is 1. The van der Waals surface area contributed by atoms with E-state index in [2.05, 4.69) is 0 Å². The van der Waals surface area contributed by atoms with Crippen LogP contribution in [0.2, 0.25) is 0 Å². The number of phenolic OH excluding ortho intramolecular Hbond substituents is 1. The predicted molar refractivity (Wildman–Crippen MR) is 76.3 cm³/mol. The van der Waals surface area contributed by atoms with Crippen molar-refractivity contribution >= 4 is 11.7 Å². The van der Waals surface area contributed by atoms with Crippen molar-refractivity contribution in [3.8, 4) is 11.5 Å². The molecule has 1 aromatic carbocycles. The standard InChI is InChI=1S/C15H17NO6/c1-3-22-11-6-9(4-5-10(11)19)13-12(8(2)18)14(20)15(21)16(13)7-17/h4-6,13,17,19-20H,3,7H2,1-2H3. The van der Waals surface area contributed by atoms with E-state index < -0.39 is 30.2 Å². The lowest BCUT2D eigenvalue weighted by molar-refractivity contribution is -0.133. The van der Waals surface area contributed by atoms with Gasteiger partial charge in [-0.15, -0.1) is 0 Å². The molecule has 0 spiro atoms. The summed E-state index contributed by atoms with van der Waals surface area (Å²) in [6.07, 6.45) is 0. The molecular formula is C15H17NO6. The van der Waals surface area contributed by atoms with Gasteiger partial charge in [-0.1, -0.05) is 6.07 Å². The summed E-state index contributed by atoms with van der Waals surface area (Å²) in [6.45, 7) is 2.65. The van der Waals surface area contributed by atoms with Gasteiger partial charge in [0.05, 0.1) is 18.2 Å². The van der Waals surface area contributed by atoms with Gasteiger partial charge in [0.1, 0.15) is 6.73 Å². The topological polar surface area (TPSA) is 107 Å². The maximum absolute atomic E-state index is 11.9. The Hall–Kier alpha value is -2.54. The molecule has 1 aliphatic rings. The number of ketones is 1. The summed E-state index contributed by atoms with van der Waals surface area (Å²) in [6, 6.07) is 3.42. The Kier molecular flexibility index (Phi) is 4.37. The van der Waals surface area contributed by atoms with Crippen LogP contribution in [0.25, 0.3) is 0 Å². The molecular weight excluding hydrogens is 290 g/mol. The van der Waals surface area contributed by atoms with Crippen LogP contribution in [0.5, 0.6) is 11.5 Å². The van der Waals surface area contributed by atoms with Crippen LogP contribution < -0.4 is 4.74 Å². The summed E-state index contributed by atoms with van der Waals surface area (Å²) in [5.41, 5.74) is 0.352. The molecule has 0 saturated heterocycles. The van der Waals surface area contributed by atoms with Gasteiger partial charge in [-0.25, -0.2) is 0 Å². The Labute approximate surface area is 127 Å². The van der Waals surface area contributed by atoms with Gasteiger partial charge in [0, 0.05) is 0 Å². The lowest BCUT2D eigenvalue weighted by Gasteiger charge is -2.24. The number of aliphatic hydroxyl groups is 2. The van der Waals surface area contributed by atoms with Crippen molar-refractivity contribution in [1.82, 2.24) is 4.90 Å². The molecule has 118 valence electrons. The minimum Gasteiger partial charge on any atom is -0.504 e. The number of carbonyl (C=O) groups is 2. The first-order valence-corrected chi connectivity index (χ1v) is 6.74. The third-order valence-corrected chi connectivity index (χ3v) is 3.43. The number of phenols is 1. The average Bonchev–Trinajstić information content (AvgIpc) is 2.73. The van der Waals surface area contributed by atoms with Gasteiger partial charge in [0.25, 0.3) is 5.91 Å². The highest BCUT2D eigenvalue weighted by Crippen LogP contribution is 2.40. The summed E-state index contributed by atoms with van der Waals surface area (Å²) < 4.78 is 5.28. The summed E-state index contributed by atoms with van der Waals surface area (Å²) in [5, 5.41) is 29.0. The van der Waals surface area contributed by atoms with Gasteiger partial charge >= 0.3 is 0 Å². The van der Waals surface area contributed by atoms with Crippen LogP contribution in [0, 0.1) is 0 Å². The summed E-state index contributed by atoms with van der Waals surface area (Å²) in [7, 11) is 0. The number of rotatable bonds is 5. The van der Waals surface area contributed by atoms with Crippen LogP contribution in [0.4, 0.5) is 0 Å². The quantitative estimate of drug-likeness (QED) is 0.750. The van der Waals surface area contributed by atoms with Crippen molar-refractivity contribution in [3.63, 3.8) is 0 Å². The Morgan fingerprint density at radius 3 is 2.59 bits per heavy atom. The van der Waals surface area contributed by atoms with Crippen molar-refractivity contribution in [2.45, 2.75) is 19.9 Å². The molecule has 0 fully saturated rings. The molecule has 7 nitrogen and oxygen atoms in total. The number of hydrogen-bond acceptors (Lipinski definition) is 6. The normalized spacial score (nSPS) is 18.0. The molecule has 0 radical (unpaired) electrons. The van der Waals surface area contributed by atoms with E-state index in [4.69, 9.17) is 4.74 Å². The van der Waals surface area contributed by atoms with Gasteiger partial charge in [0.2, 0.25) is 0 Å². The van der Waals surface area contributed by atoms with Gasteiger partial charge in [-0.05, 0) is 31.5 Å². The zero-order valence-electron chi connectivity index (χ0n) is 12.2. The summed E-state index contributed by atoms with van der Waals surface area (Å²) in [5.74, 6) is -1.85. The maximum Gasteiger partial charge on any atom is 0.291 e. The molecule has 1 unspecified atom stereocenters. The SMILES string of the molecule is CCOc1cc(C2C(C(C)=O)=C(O)C(=O)N2CO)ccc1O. The zero-order chi connectivity index (χ0) is 16.4. The number of aromatic hydroxyl groups is 1.